The summed E-state index contributed by atoms with van der Waals surface area (Å²) in [6, 6.07) is 36.8. The Balaban J connectivity index is 1.57. The first kappa shape index (κ1) is 24.6. The lowest BCUT2D eigenvalue weighted by molar-refractivity contribution is 0.865. The number of benzene rings is 4. The predicted molar refractivity (Wildman–Crippen MR) is 159 cm³/mol. The number of hydrogen-bond acceptors (Lipinski definition) is 5. The molecular formula is C28H21ClN6S2. The van der Waals surface area contributed by atoms with Crippen molar-refractivity contribution in [3.63, 3.8) is 0 Å². The first-order chi connectivity index (χ1) is 18.1. The molecule has 0 atom stereocenters. The summed E-state index contributed by atoms with van der Waals surface area (Å²) in [5, 5.41) is 14.7. The van der Waals surface area contributed by atoms with Gasteiger partial charge in [-0.2, -0.15) is 0 Å². The molecular weight excluding hydrogens is 520 g/mol. The lowest BCUT2D eigenvalue weighted by Gasteiger charge is -2.26. The van der Waals surface area contributed by atoms with E-state index in [-0.39, 0.29) is 0 Å². The van der Waals surface area contributed by atoms with Crippen molar-refractivity contribution in [2.75, 3.05) is 10.3 Å². The lowest BCUT2D eigenvalue weighted by atomic mass is 10.2. The van der Waals surface area contributed by atoms with Crippen LogP contribution in [0.25, 0.3) is 17.1 Å². The van der Waals surface area contributed by atoms with E-state index in [1.54, 1.807) is 5.01 Å². The molecule has 5 rings (SSSR count). The van der Waals surface area contributed by atoms with E-state index in [4.69, 9.17) is 36.0 Å². The number of hydrogen-bond donors (Lipinski definition) is 2. The maximum atomic E-state index is 6.14. The first-order valence-corrected chi connectivity index (χ1v) is 12.6. The number of halogens is 1. The first-order valence-electron chi connectivity index (χ1n) is 11.4. The Hall–Kier alpha value is -4.11. The summed E-state index contributed by atoms with van der Waals surface area (Å²) in [6.07, 6.45) is 0. The van der Waals surface area contributed by atoms with Crippen LogP contribution in [-0.2, 0) is 0 Å². The highest BCUT2D eigenvalue weighted by Crippen LogP contribution is 2.30. The summed E-state index contributed by atoms with van der Waals surface area (Å²) < 4.78 is 1.96. The molecule has 0 saturated heterocycles. The molecule has 37 heavy (non-hydrogen) atoms. The summed E-state index contributed by atoms with van der Waals surface area (Å²) in [5.41, 5.74) is 6.67. The van der Waals surface area contributed by atoms with E-state index in [1.165, 1.54) is 0 Å². The summed E-state index contributed by atoms with van der Waals surface area (Å²) in [7, 11) is 0. The van der Waals surface area contributed by atoms with Crippen molar-refractivity contribution < 1.29 is 0 Å². The zero-order valence-corrected chi connectivity index (χ0v) is 21.8. The average molecular weight is 541 g/mol. The van der Waals surface area contributed by atoms with Crippen LogP contribution >= 0.6 is 36.0 Å². The van der Waals surface area contributed by atoms with E-state index in [1.807, 2.05) is 120 Å². The fourth-order valence-corrected chi connectivity index (χ4v) is 4.12. The maximum absolute atomic E-state index is 6.14. The van der Waals surface area contributed by atoms with E-state index in [9.17, 15) is 0 Å². The molecule has 0 fully saturated rings. The molecule has 182 valence electrons. The minimum atomic E-state index is 0.332. The third kappa shape index (κ3) is 5.67. The normalized spacial score (nSPS) is 10.5. The molecule has 0 radical (unpaired) electrons. The van der Waals surface area contributed by atoms with Crippen LogP contribution in [0.3, 0.4) is 0 Å². The third-order valence-electron chi connectivity index (χ3n) is 5.43. The Morgan fingerprint density at radius 1 is 0.703 bits per heavy atom. The van der Waals surface area contributed by atoms with E-state index in [0.29, 0.717) is 26.8 Å². The maximum Gasteiger partial charge on any atom is 0.255 e. The molecule has 0 aliphatic carbocycles. The quantitative estimate of drug-likeness (QED) is 0.178. The Morgan fingerprint density at radius 3 is 1.95 bits per heavy atom. The van der Waals surface area contributed by atoms with Gasteiger partial charge in [-0.25, -0.2) is 5.01 Å². The highest BCUT2D eigenvalue weighted by Gasteiger charge is 2.23. The second kappa shape index (κ2) is 11.3. The summed E-state index contributed by atoms with van der Waals surface area (Å²) in [6.45, 7) is 0. The minimum absolute atomic E-state index is 0.332. The molecule has 1 heterocycles. The molecule has 4 aromatic carbocycles. The van der Waals surface area contributed by atoms with Crippen LogP contribution in [-0.4, -0.2) is 24.7 Å². The van der Waals surface area contributed by atoms with Crippen molar-refractivity contribution in [1.82, 2.24) is 20.2 Å². The van der Waals surface area contributed by atoms with Gasteiger partial charge in [-0.15, -0.1) is 10.2 Å². The van der Waals surface area contributed by atoms with Gasteiger partial charge in [0.25, 0.3) is 5.95 Å². The van der Waals surface area contributed by atoms with Gasteiger partial charge in [-0.05, 0) is 60.7 Å². The Kier molecular flexibility index (Phi) is 7.51. The molecule has 0 aliphatic heterocycles. The Morgan fingerprint density at radius 2 is 1.30 bits per heavy atom. The second-order valence-electron chi connectivity index (χ2n) is 7.93. The smallest absolute Gasteiger partial charge is 0.255 e. The van der Waals surface area contributed by atoms with Gasteiger partial charge < -0.3 is 5.32 Å². The van der Waals surface area contributed by atoms with Gasteiger partial charge in [0.15, 0.2) is 10.8 Å². The molecule has 0 unspecified atom stereocenters. The van der Waals surface area contributed by atoms with Gasteiger partial charge in [-0.3, -0.25) is 9.99 Å². The largest absolute Gasteiger partial charge is 0.344 e. The monoisotopic (exact) mass is 540 g/mol. The van der Waals surface area contributed by atoms with Crippen LogP contribution in [0.1, 0.15) is 0 Å². The molecule has 1 aromatic heterocycles. The Bertz CT molecular complexity index is 1510. The van der Waals surface area contributed by atoms with Crippen molar-refractivity contribution in [2.45, 2.75) is 0 Å². The van der Waals surface area contributed by atoms with Crippen molar-refractivity contribution in [3.05, 3.63) is 120 Å². The molecule has 0 spiro atoms. The minimum Gasteiger partial charge on any atom is -0.344 e. The van der Waals surface area contributed by atoms with E-state index in [0.717, 1.165) is 22.6 Å². The van der Waals surface area contributed by atoms with Crippen molar-refractivity contribution in [3.8, 4) is 17.1 Å². The standard InChI is InChI=1S/C28H21ClN6S2/c29-21-18-16-20(17-19-21)25-31-32-28(34(25)23-12-6-2-7-13-23)35(24-14-8-3-9-15-24)33-27(37)26(36)30-22-10-4-1-5-11-22/h1-19H,(H,30,36)(H,33,37). The molecule has 0 saturated carbocycles. The van der Waals surface area contributed by atoms with Crippen molar-refractivity contribution >= 4 is 63.3 Å². The number of rotatable bonds is 6. The van der Waals surface area contributed by atoms with Crippen molar-refractivity contribution in [1.29, 1.82) is 0 Å². The van der Waals surface area contributed by atoms with Crippen LogP contribution in [0, 0.1) is 0 Å². The second-order valence-corrected chi connectivity index (χ2v) is 9.19. The zero-order valence-electron chi connectivity index (χ0n) is 19.5. The van der Waals surface area contributed by atoms with Crippen LogP contribution in [0.4, 0.5) is 17.3 Å². The number of para-hydroxylation sites is 3. The number of anilines is 3. The molecule has 0 amide bonds. The van der Waals surface area contributed by atoms with Gasteiger partial charge in [0.05, 0.1) is 11.4 Å². The van der Waals surface area contributed by atoms with Gasteiger partial charge >= 0.3 is 0 Å². The Labute approximate surface area is 230 Å². The van der Waals surface area contributed by atoms with Crippen LogP contribution in [0.15, 0.2) is 115 Å². The molecule has 6 nitrogen and oxygen atoms in total. The predicted octanol–water partition coefficient (Wildman–Crippen LogP) is 7.00. The lowest BCUT2D eigenvalue weighted by Crippen LogP contribution is -2.44. The molecule has 0 aliphatic rings. The van der Waals surface area contributed by atoms with Gasteiger partial charge in [0.2, 0.25) is 0 Å². The SMILES string of the molecule is S=C(Nc1ccccc1)C(=S)NN(c1ccccc1)c1nnc(-c2ccc(Cl)cc2)n1-c1ccccc1. The molecule has 2 N–H and O–H groups in total. The topological polar surface area (TPSA) is 58.0 Å². The van der Waals surface area contributed by atoms with Gasteiger partial charge in [0, 0.05) is 16.3 Å². The number of aromatic nitrogens is 3. The third-order valence-corrected chi connectivity index (χ3v) is 6.41. The highest BCUT2D eigenvalue weighted by atomic mass is 35.5. The molecule has 5 aromatic rings. The summed E-state index contributed by atoms with van der Waals surface area (Å²) in [4.78, 5) is 0.712. The average Bonchev–Trinajstić information content (AvgIpc) is 3.38. The highest BCUT2D eigenvalue weighted by molar-refractivity contribution is 7.89. The fourth-order valence-electron chi connectivity index (χ4n) is 3.69. The van der Waals surface area contributed by atoms with E-state index in [2.05, 4.69) is 20.9 Å². The number of thiocarbonyl (C=S) groups is 2. The van der Waals surface area contributed by atoms with Crippen LogP contribution < -0.4 is 15.8 Å². The van der Waals surface area contributed by atoms with E-state index >= 15 is 0 Å². The zero-order chi connectivity index (χ0) is 25.6. The van der Waals surface area contributed by atoms with Gasteiger partial charge in [-0.1, -0.05) is 90.6 Å². The molecule has 9 heteroatoms. The number of nitrogens with zero attached hydrogens (tertiary/aromatic N) is 4. The summed E-state index contributed by atoms with van der Waals surface area (Å²) >= 11 is 17.4. The number of hydrazine groups is 1. The van der Waals surface area contributed by atoms with Crippen molar-refractivity contribution in [2.24, 2.45) is 0 Å². The molecule has 0 bridgehead atoms. The van der Waals surface area contributed by atoms with Crippen LogP contribution in [0.5, 0.6) is 0 Å². The van der Waals surface area contributed by atoms with Gasteiger partial charge in [0.1, 0.15) is 4.99 Å². The fraction of sp³-hybridized carbons (Fsp3) is 0. The number of nitrogens with one attached hydrogen (secondary N) is 2. The summed E-state index contributed by atoms with van der Waals surface area (Å²) in [5.74, 6) is 1.16. The van der Waals surface area contributed by atoms with Crippen LogP contribution in [0.2, 0.25) is 5.02 Å². The van der Waals surface area contributed by atoms with E-state index < -0.39 is 0 Å².